The van der Waals surface area contributed by atoms with Crippen LogP contribution < -0.4 is 5.32 Å². The largest absolute Gasteiger partial charge is 0.417 e. The van der Waals surface area contributed by atoms with Gasteiger partial charge in [-0.2, -0.15) is 22.8 Å². The molecule has 182 valence electrons. The van der Waals surface area contributed by atoms with Crippen molar-refractivity contribution in [1.82, 2.24) is 29.1 Å². The van der Waals surface area contributed by atoms with Gasteiger partial charge in [0, 0.05) is 32.6 Å². The van der Waals surface area contributed by atoms with E-state index < -0.39 is 21.6 Å². The monoisotopic (exact) mass is 497 g/mol. The number of imidazole rings is 1. The highest BCUT2D eigenvalue weighted by Gasteiger charge is 2.33. The van der Waals surface area contributed by atoms with Gasteiger partial charge in [0.25, 0.3) is 0 Å². The van der Waals surface area contributed by atoms with E-state index in [1.807, 2.05) is 6.92 Å². The van der Waals surface area contributed by atoms with Crippen LogP contribution in [0, 0.1) is 0 Å². The zero-order chi connectivity index (χ0) is 24.8. The first-order valence-electron chi connectivity index (χ1n) is 10.2. The topological polar surface area (TPSA) is 116 Å². The molecule has 0 aliphatic heterocycles. The van der Waals surface area contributed by atoms with Crippen LogP contribution in [0.1, 0.15) is 19.4 Å². The molecule has 4 aromatic rings. The Morgan fingerprint density at radius 3 is 2.62 bits per heavy atom. The van der Waals surface area contributed by atoms with Gasteiger partial charge in [0.05, 0.1) is 17.9 Å². The second-order valence-electron chi connectivity index (χ2n) is 7.71. The normalized spacial score (nSPS) is 13.6. The molecule has 34 heavy (non-hydrogen) atoms. The average Bonchev–Trinajstić information content (AvgIpc) is 3.32. The molecule has 1 unspecified atom stereocenters. The Bertz CT molecular complexity index is 1480. The van der Waals surface area contributed by atoms with Crippen LogP contribution in [0.15, 0.2) is 29.6 Å². The van der Waals surface area contributed by atoms with Gasteiger partial charge in [0.15, 0.2) is 26.2 Å². The first-order valence-corrected chi connectivity index (χ1v) is 11.9. The van der Waals surface area contributed by atoms with E-state index in [0.717, 1.165) is 6.07 Å². The smallest absolute Gasteiger partial charge is 0.383 e. The summed E-state index contributed by atoms with van der Waals surface area (Å²) in [6.07, 6.45) is -2.40. The Kier molecular flexibility index (Phi) is 5.97. The Hall–Kier alpha value is -3.26. The molecule has 0 fully saturated rings. The maximum atomic E-state index is 13.2. The number of halogens is 3. The van der Waals surface area contributed by atoms with Gasteiger partial charge in [-0.15, -0.1) is 0 Å². The predicted molar refractivity (Wildman–Crippen MR) is 118 cm³/mol. The van der Waals surface area contributed by atoms with E-state index in [9.17, 15) is 21.6 Å². The van der Waals surface area contributed by atoms with Crippen molar-refractivity contribution < 1.29 is 26.3 Å². The third-order valence-electron chi connectivity index (χ3n) is 5.23. The Labute approximate surface area is 192 Å². The van der Waals surface area contributed by atoms with Crippen molar-refractivity contribution in [3.05, 3.63) is 30.1 Å². The van der Waals surface area contributed by atoms with E-state index in [-0.39, 0.29) is 45.0 Å². The molecule has 0 spiro atoms. The van der Waals surface area contributed by atoms with Crippen molar-refractivity contribution in [3.8, 4) is 11.4 Å². The first kappa shape index (κ1) is 23.9. The number of rotatable bonds is 7. The molecule has 10 nitrogen and oxygen atoms in total. The molecule has 4 heterocycles. The maximum absolute atomic E-state index is 13.2. The first-order chi connectivity index (χ1) is 16.0. The number of anilines is 1. The zero-order valence-corrected chi connectivity index (χ0v) is 19.6. The minimum absolute atomic E-state index is 0.0329. The van der Waals surface area contributed by atoms with Crippen LogP contribution in [0.25, 0.3) is 28.2 Å². The summed E-state index contributed by atoms with van der Waals surface area (Å²) < 4.78 is 73.4. The van der Waals surface area contributed by atoms with Crippen molar-refractivity contribution >= 4 is 32.5 Å². The summed E-state index contributed by atoms with van der Waals surface area (Å²) in [5.41, 5.74) is -0.572. The molecule has 0 radical (unpaired) electrons. The number of ether oxygens (including phenoxy) is 1. The van der Waals surface area contributed by atoms with E-state index in [2.05, 4.69) is 25.4 Å². The van der Waals surface area contributed by atoms with Gasteiger partial charge >= 0.3 is 6.18 Å². The molecule has 0 aromatic carbocycles. The lowest BCUT2D eigenvalue weighted by molar-refractivity contribution is -0.137. The van der Waals surface area contributed by atoms with Crippen molar-refractivity contribution in [2.75, 3.05) is 24.8 Å². The average molecular weight is 498 g/mol. The van der Waals surface area contributed by atoms with Crippen molar-refractivity contribution in [2.24, 2.45) is 7.05 Å². The Balaban J connectivity index is 2.00. The molecule has 4 aromatic heterocycles. The van der Waals surface area contributed by atoms with Crippen LogP contribution in [0.4, 0.5) is 19.0 Å². The molecular weight excluding hydrogens is 475 g/mol. The van der Waals surface area contributed by atoms with Crippen LogP contribution in [0.3, 0.4) is 0 Å². The number of hydrogen-bond acceptors (Lipinski definition) is 8. The van der Waals surface area contributed by atoms with Gasteiger partial charge in [-0.1, -0.05) is 6.92 Å². The fourth-order valence-corrected chi connectivity index (χ4v) is 4.56. The second kappa shape index (κ2) is 8.51. The molecule has 0 aliphatic carbocycles. The molecule has 14 heteroatoms. The highest BCUT2D eigenvalue weighted by molar-refractivity contribution is 7.91. The standard InChI is InChI=1S/C20H22F3N7O3S/c1-5-34(31,32)19-15(17-24-7-6-14(30(17)28-19)26-11(2)10-33-4)18-27-13-8-12(20(21,22)23)9-25-16(13)29(18)3/h6-9,11,26H,5,10H2,1-4H3. The molecule has 0 saturated heterocycles. The van der Waals surface area contributed by atoms with Gasteiger partial charge in [-0.25, -0.2) is 23.4 Å². The fourth-order valence-electron chi connectivity index (χ4n) is 3.58. The van der Waals surface area contributed by atoms with Crippen molar-refractivity contribution in [2.45, 2.75) is 31.1 Å². The molecule has 4 rings (SSSR count). The van der Waals surface area contributed by atoms with Crippen LogP contribution >= 0.6 is 0 Å². The summed E-state index contributed by atoms with van der Waals surface area (Å²) in [5, 5.41) is 7.24. The van der Waals surface area contributed by atoms with Gasteiger partial charge in [0.1, 0.15) is 22.7 Å². The summed E-state index contributed by atoms with van der Waals surface area (Å²) in [7, 11) is -0.759. The molecule has 0 amide bonds. The quantitative estimate of drug-likeness (QED) is 0.414. The third-order valence-corrected chi connectivity index (χ3v) is 6.87. The van der Waals surface area contributed by atoms with Gasteiger partial charge in [0.2, 0.25) is 0 Å². The molecule has 0 bridgehead atoms. The van der Waals surface area contributed by atoms with Crippen LogP contribution in [0.2, 0.25) is 0 Å². The van der Waals surface area contributed by atoms with Crippen molar-refractivity contribution in [1.29, 1.82) is 0 Å². The number of sulfone groups is 1. The Morgan fingerprint density at radius 1 is 1.24 bits per heavy atom. The van der Waals surface area contributed by atoms with E-state index in [1.54, 1.807) is 20.2 Å². The number of nitrogens with one attached hydrogen (secondary N) is 1. The maximum Gasteiger partial charge on any atom is 0.417 e. The van der Waals surface area contributed by atoms with E-state index in [0.29, 0.717) is 18.6 Å². The summed E-state index contributed by atoms with van der Waals surface area (Å²) in [6.45, 7) is 3.73. The highest BCUT2D eigenvalue weighted by Crippen LogP contribution is 2.35. The summed E-state index contributed by atoms with van der Waals surface area (Å²) in [5.74, 6) is 0.302. The summed E-state index contributed by atoms with van der Waals surface area (Å²) in [4.78, 5) is 12.5. The number of aryl methyl sites for hydroxylation is 1. The molecule has 1 atom stereocenters. The lowest BCUT2D eigenvalue weighted by Gasteiger charge is -2.14. The number of alkyl halides is 3. The lowest BCUT2D eigenvalue weighted by Crippen LogP contribution is -2.22. The minimum atomic E-state index is -4.60. The second-order valence-corrected chi connectivity index (χ2v) is 9.90. The summed E-state index contributed by atoms with van der Waals surface area (Å²) >= 11 is 0. The summed E-state index contributed by atoms with van der Waals surface area (Å²) in [6, 6.07) is 2.37. The number of fused-ring (bicyclic) bond motifs is 2. The van der Waals surface area contributed by atoms with Crippen LogP contribution in [0.5, 0.6) is 0 Å². The number of aromatic nitrogens is 6. The van der Waals surface area contributed by atoms with E-state index in [4.69, 9.17) is 4.74 Å². The third kappa shape index (κ3) is 4.07. The van der Waals surface area contributed by atoms with Crippen molar-refractivity contribution in [3.63, 3.8) is 0 Å². The van der Waals surface area contributed by atoms with Crippen LogP contribution in [-0.2, 0) is 27.8 Å². The number of hydrogen-bond donors (Lipinski definition) is 1. The number of methoxy groups -OCH3 is 1. The van der Waals surface area contributed by atoms with Crippen LogP contribution in [-0.4, -0.2) is 63.1 Å². The molecule has 1 N–H and O–H groups in total. The highest BCUT2D eigenvalue weighted by atomic mass is 32.2. The lowest BCUT2D eigenvalue weighted by atomic mass is 10.2. The zero-order valence-electron chi connectivity index (χ0n) is 18.8. The predicted octanol–water partition coefficient (Wildman–Crippen LogP) is 2.94. The fraction of sp³-hybridized carbons (Fsp3) is 0.400. The van der Waals surface area contributed by atoms with Gasteiger partial charge < -0.3 is 14.6 Å². The SMILES string of the molecule is CCS(=O)(=O)c1nn2c(NC(C)COC)ccnc2c1-c1nc2cc(C(F)(F)F)cnc2n1C. The van der Waals surface area contributed by atoms with Gasteiger partial charge in [-0.05, 0) is 19.1 Å². The van der Waals surface area contributed by atoms with Gasteiger partial charge in [-0.3, -0.25) is 0 Å². The van der Waals surface area contributed by atoms with E-state index >= 15 is 0 Å². The van der Waals surface area contributed by atoms with E-state index in [1.165, 1.54) is 22.2 Å². The molecule has 0 aliphatic rings. The molecular formula is C20H22F3N7O3S. The minimum Gasteiger partial charge on any atom is -0.383 e. The number of nitrogens with zero attached hydrogens (tertiary/aromatic N) is 6. The molecule has 0 saturated carbocycles. The number of pyridine rings is 1. The Morgan fingerprint density at radius 2 is 1.97 bits per heavy atom.